The maximum absolute atomic E-state index is 12.4. The minimum Gasteiger partial charge on any atom is -0.443 e. The Hall–Kier alpha value is -1.81. The van der Waals surface area contributed by atoms with E-state index in [0.717, 1.165) is 36.3 Å². The molecule has 1 heterocycles. The van der Waals surface area contributed by atoms with Gasteiger partial charge in [-0.1, -0.05) is 31.4 Å². The van der Waals surface area contributed by atoms with Crippen LogP contribution in [0.4, 0.5) is 4.79 Å². The van der Waals surface area contributed by atoms with Gasteiger partial charge in [0.05, 0.1) is 5.52 Å². The van der Waals surface area contributed by atoms with Crippen molar-refractivity contribution in [3.8, 4) is 0 Å². The highest BCUT2D eigenvalue weighted by molar-refractivity contribution is 5.90. The fourth-order valence-corrected chi connectivity index (χ4v) is 3.73. The lowest BCUT2D eigenvalue weighted by Crippen LogP contribution is -2.27. The Morgan fingerprint density at radius 2 is 1.96 bits per heavy atom. The molecule has 1 N–H and O–H groups in total. The minimum atomic E-state index is -0.492. The van der Waals surface area contributed by atoms with Crippen molar-refractivity contribution < 1.29 is 9.53 Å². The van der Waals surface area contributed by atoms with E-state index >= 15 is 0 Å². The molecule has 26 heavy (non-hydrogen) atoms. The molecule has 0 spiro atoms. The summed E-state index contributed by atoms with van der Waals surface area (Å²) in [7, 11) is 0. The molecule has 0 atom stereocenters. The molecule has 4 nitrogen and oxygen atoms in total. The minimum absolute atomic E-state index is 0.319. The number of rotatable bonds is 5. The number of carbonyl (C=O) groups excluding carboxylic acids is 1. The Morgan fingerprint density at radius 1 is 1.19 bits per heavy atom. The van der Waals surface area contributed by atoms with Gasteiger partial charge in [0.1, 0.15) is 5.60 Å². The standard InChI is InChI=1S/C22H32N2O2/c1-22(2,3)26-21(25)24-14-12-19-10-9-17(15-20(19)24)11-13-23-16-18-7-5-4-6-8-18/h9-10,12,14-15,18,23H,4-8,11,13,16H2,1-3H3. The van der Waals surface area contributed by atoms with Gasteiger partial charge in [0.25, 0.3) is 0 Å². The van der Waals surface area contributed by atoms with Crippen LogP contribution < -0.4 is 5.32 Å². The van der Waals surface area contributed by atoms with Crippen LogP contribution >= 0.6 is 0 Å². The average molecular weight is 357 g/mol. The number of nitrogens with zero attached hydrogens (tertiary/aromatic N) is 1. The van der Waals surface area contributed by atoms with Crippen LogP contribution in [-0.4, -0.2) is 29.4 Å². The highest BCUT2D eigenvalue weighted by Crippen LogP contribution is 2.23. The first-order valence-electron chi connectivity index (χ1n) is 9.96. The third-order valence-corrected chi connectivity index (χ3v) is 5.10. The first-order chi connectivity index (χ1) is 12.4. The number of carbonyl (C=O) groups is 1. The first kappa shape index (κ1) is 19.0. The molecule has 0 unspecified atom stereocenters. The van der Waals surface area contributed by atoms with Crippen molar-refractivity contribution >= 4 is 17.0 Å². The summed E-state index contributed by atoms with van der Waals surface area (Å²) in [6, 6.07) is 8.32. The highest BCUT2D eigenvalue weighted by atomic mass is 16.6. The van der Waals surface area contributed by atoms with Gasteiger partial charge in [0, 0.05) is 11.6 Å². The van der Waals surface area contributed by atoms with Crippen molar-refractivity contribution in [1.29, 1.82) is 0 Å². The third-order valence-electron chi connectivity index (χ3n) is 5.10. The maximum Gasteiger partial charge on any atom is 0.418 e. The number of hydrogen-bond donors (Lipinski definition) is 1. The highest BCUT2D eigenvalue weighted by Gasteiger charge is 2.19. The zero-order valence-corrected chi connectivity index (χ0v) is 16.4. The van der Waals surface area contributed by atoms with Gasteiger partial charge >= 0.3 is 6.09 Å². The monoisotopic (exact) mass is 356 g/mol. The molecule has 0 aliphatic heterocycles. The number of aromatic nitrogens is 1. The second-order valence-corrected chi connectivity index (χ2v) is 8.52. The zero-order valence-electron chi connectivity index (χ0n) is 16.4. The van der Waals surface area contributed by atoms with E-state index in [-0.39, 0.29) is 6.09 Å². The lowest BCUT2D eigenvalue weighted by molar-refractivity contribution is 0.0544. The molecular formula is C22H32N2O2. The van der Waals surface area contributed by atoms with Gasteiger partial charge in [-0.05, 0) is 76.7 Å². The largest absolute Gasteiger partial charge is 0.443 e. The molecule has 0 amide bonds. The van der Waals surface area contributed by atoms with Crippen LogP contribution in [0.5, 0.6) is 0 Å². The molecule has 142 valence electrons. The van der Waals surface area contributed by atoms with E-state index in [0.29, 0.717) is 0 Å². The van der Waals surface area contributed by atoms with Gasteiger partial charge in [-0.25, -0.2) is 4.79 Å². The van der Waals surface area contributed by atoms with Gasteiger partial charge in [-0.3, -0.25) is 4.57 Å². The van der Waals surface area contributed by atoms with E-state index in [1.807, 2.05) is 26.8 Å². The zero-order chi connectivity index (χ0) is 18.6. The fourth-order valence-electron chi connectivity index (χ4n) is 3.73. The number of benzene rings is 1. The van der Waals surface area contributed by atoms with Gasteiger partial charge in [0.15, 0.2) is 0 Å². The SMILES string of the molecule is CC(C)(C)OC(=O)n1ccc2ccc(CCNCC3CCCCC3)cc21. The summed E-state index contributed by atoms with van der Waals surface area (Å²) in [6.07, 6.45) is 9.40. The van der Waals surface area contributed by atoms with Crippen molar-refractivity contribution in [2.75, 3.05) is 13.1 Å². The Morgan fingerprint density at radius 3 is 2.69 bits per heavy atom. The van der Waals surface area contributed by atoms with Crippen LogP contribution in [0, 0.1) is 5.92 Å². The lowest BCUT2D eigenvalue weighted by Gasteiger charge is -2.21. The molecule has 1 aromatic carbocycles. The van der Waals surface area contributed by atoms with Crippen LogP contribution in [-0.2, 0) is 11.2 Å². The average Bonchev–Trinajstić information content (AvgIpc) is 3.01. The summed E-state index contributed by atoms with van der Waals surface area (Å²) in [5.41, 5.74) is 1.68. The number of ether oxygens (including phenoxy) is 1. The van der Waals surface area contributed by atoms with Gasteiger partial charge < -0.3 is 10.1 Å². The molecule has 0 radical (unpaired) electrons. The maximum atomic E-state index is 12.4. The van der Waals surface area contributed by atoms with Crippen molar-refractivity contribution in [1.82, 2.24) is 9.88 Å². The summed E-state index contributed by atoms with van der Waals surface area (Å²) in [5, 5.41) is 4.68. The van der Waals surface area contributed by atoms with E-state index in [1.54, 1.807) is 10.8 Å². The van der Waals surface area contributed by atoms with E-state index < -0.39 is 5.60 Å². The van der Waals surface area contributed by atoms with Crippen LogP contribution in [0.3, 0.4) is 0 Å². The Kier molecular flexibility index (Phi) is 6.02. The summed E-state index contributed by atoms with van der Waals surface area (Å²) < 4.78 is 7.12. The van der Waals surface area contributed by atoms with Crippen molar-refractivity contribution in [3.05, 3.63) is 36.0 Å². The number of hydrogen-bond acceptors (Lipinski definition) is 3. The molecule has 1 fully saturated rings. The number of nitrogens with one attached hydrogen (secondary N) is 1. The summed E-state index contributed by atoms with van der Waals surface area (Å²) >= 11 is 0. The quantitative estimate of drug-likeness (QED) is 0.755. The number of fused-ring (bicyclic) bond motifs is 1. The predicted octanol–water partition coefficient (Wildman–Crippen LogP) is 5.14. The Balaban J connectivity index is 1.59. The van der Waals surface area contributed by atoms with Crippen molar-refractivity contribution in [2.45, 2.75) is 64.9 Å². The molecule has 2 aromatic rings. The Labute approximate surface area is 156 Å². The van der Waals surface area contributed by atoms with Crippen molar-refractivity contribution in [3.63, 3.8) is 0 Å². The molecule has 4 heteroatoms. The molecule has 0 bridgehead atoms. The van der Waals surface area contributed by atoms with Gasteiger partial charge in [0.2, 0.25) is 0 Å². The molecule has 0 saturated heterocycles. The second-order valence-electron chi connectivity index (χ2n) is 8.52. The third kappa shape index (κ3) is 5.10. The van der Waals surface area contributed by atoms with E-state index in [9.17, 15) is 4.79 Å². The smallest absolute Gasteiger partial charge is 0.418 e. The summed E-state index contributed by atoms with van der Waals surface area (Å²) in [5.74, 6) is 0.857. The topological polar surface area (TPSA) is 43.3 Å². The molecule has 1 saturated carbocycles. The van der Waals surface area contributed by atoms with Crippen LogP contribution in [0.2, 0.25) is 0 Å². The lowest BCUT2D eigenvalue weighted by atomic mass is 9.89. The summed E-state index contributed by atoms with van der Waals surface area (Å²) in [6.45, 7) is 7.78. The first-order valence-corrected chi connectivity index (χ1v) is 9.96. The van der Waals surface area contributed by atoms with Crippen LogP contribution in [0.15, 0.2) is 30.5 Å². The normalized spacial score (nSPS) is 16.1. The molecular weight excluding hydrogens is 324 g/mol. The fraction of sp³-hybridized carbons (Fsp3) is 0.591. The second kappa shape index (κ2) is 8.26. The molecule has 3 rings (SSSR count). The molecule has 1 aromatic heterocycles. The Bertz CT molecular complexity index is 736. The van der Waals surface area contributed by atoms with Crippen LogP contribution in [0.1, 0.15) is 58.4 Å². The van der Waals surface area contributed by atoms with Crippen molar-refractivity contribution in [2.24, 2.45) is 5.92 Å². The predicted molar refractivity (Wildman–Crippen MR) is 107 cm³/mol. The molecule has 1 aliphatic carbocycles. The van der Waals surface area contributed by atoms with Gasteiger partial charge in [-0.15, -0.1) is 0 Å². The van der Waals surface area contributed by atoms with E-state index in [1.165, 1.54) is 37.7 Å². The summed E-state index contributed by atoms with van der Waals surface area (Å²) in [4.78, 5) is 12.4. The van der Waals surface area contributed by atoms with E-state index in [4.69, 9.17) is 4.74 Å². The van der Waals surface area contributed by atoms with Crippen LogP contribution in [0.25, 0.3) is 10.9 Å². The van der Waals surface area contributed by atoms with E-state index in [2.05, 4.69) is 23.5 Å². The molecule has 1 aliphatic rings. The van der Waals surface area contributed by atoms with Gasteiger partial charge in [-0.2, -0.15) is 0 Å².